The topological polar surface area (TPSA) is 76.3 Å². The molecule has 1 aromatic heterocycles. The molecule has 1 heterocycles. The van der Waals surface area contributed by atoms with Crippen molar-refractivity contribution in [2.24, 2.45) is 5.10 Å². The molecule has 30 heavy (non-hydrogen) atoms. The number of nitrogens with zero attached hydrogens (tertiary/aromatic N) is 3. The van der Waals surface area contributed by atoms with Crippen LogP contribution in [0.15, 0.2) is 76.6 Å². The van der Waals surface area contributed by atoms with E-state index in [1.54, 1.807) is 30.5 Å². The molecule has 150 valence electrons. The molecular formula is C24H22N4O2. The summed E-state index contributed by atoms with van der Waals surface area (Å²) in [6, 6.07) is 20.9. The minimum Gasteiger partial charge on any atom is -0.267 e. The van der Waals surface area contributed by atoms with Crippen LogP contribution in [0.3, 0.4) is 0 Å². The van der Waals surface area contributed by atoms with Crippen molar-refractivity contribution in [2.45, 2.75) is 26.3 Å². The predicted molar refractivity (Wildman–Crippen MR) is 120 cm³/mol. The average Bonchev–Trinajstić information content (AvgIpc) is 2.79. The number of unbranched alkanes of at least 4 members (excludes halogenated alkanes) is 1. The summed E-state index contributed by atoms with van der Waals surface area (Å²) >= 11 is 0. The van der Waals surface area contributed by atoms with Gasteiger partial charge in [-0.25, -0.2) is 10.1 Å². The summed E-state index contributed by atoms with van der Waals surface area (Å²) in [5.41, 5.74) is 3.47. The fraction of sp³-hybridized carbons (Fsp3) is 0.167. The summed E-state index contributed by atoms with van der Waals surface area (Å²) in [6.07, 6.45) is 3.36. The van der Waals surface area contributed by atoms with Crippen molar-refractivity contribution in [3.63, 3.8) is 0 Å². The first-order valence-corrected chi connectivity index (χ1v) is 10.00. The minimum atomic E-state index is -0.451. The lowest BCUT2D eigenvalue weighted by atomic mass is 10.1. The number of hydrogen-bond donors (Lipinski definition) is 1. The largest absolute Gasteiger partial charge is 0.292 e. The Kier molecular flexibility index (Phi) is 5.66. The summed E-state index contributed by atoms with van der Waals surface area (Å²) in [4.78, 5) is 25.5. The first kappa shape index (κ1) is 19.5. The molecule has 0 radical (unpaired) electrons. The highest BCUT2D eigenvalue weighted by atomic mass is 16.2. The summed E-state index contributed by atoms with van der Waals surface area (Å²) in [7, 11) is 0. The van der Waals surface area contributed by atoms with E-state index in [1.165, 1.54) is 4.68 Å². The standard InChI is InChI=1S/C24H22N4O2/c1-2-3-15-28-24(30)21-14-7-6-13-20(21)22(27-28)23(29)26-25-16-18-11-8-10-17-9-4-5-12-19(17)18/h4-14,16H,2-3,15H2,1H3,(H,26,29)/b25-16-. The Morgan fingerprint density at radius 2 is 1.70 bits per heavy atom. The van der Waals surface area contributed by atoms with Crippen molar-refractivity contribution in [3.05, 3.63) is 88.3 Å². The third-order valence-electron chi connectivity index (χ3n) is 5.00. The number of fused-ring (bicyclic) bond motifs is 2. The molecule has 6 heteroatoms. The predicted octanol–water partition coefficient (Wildman–Crippen LogP) is 4.11. The molecule has 0 aliphatic carbocycles. The molecule has 1 amide bonds. The SMILES string of the molecule is CCCCn1nc(C(=O)N/N=C\c2cccc3ccccc23)c2ccccc2c1=O. The Hall–Kier alpha value is -3.80. The monoisotopic (exact) mass is 398 g/mol. The minimum absolute atomic E-state index is 0.185. The summed E-state index contributed by atoms with van der Waals surface area (Å²) < 4.78 is 1.37. The second kappa shape index (κ2) is 8.69. The number of carbonyl (C=O) groups is 1. The zero-order valence-electron chi connectivity index (χ0n) is 16.7. The zero-order valence-corrected chi connectivity index (χ0v) is 16.7. The fourth-order valence-electron chi connectivity index (χ4n) is 3.44. The van der Waals surface area contributed by atoms with Crippen LogP contribution in [-0.4, -0.2) is 21.9 Å². The molecule has 0 saturated heterocycles. The average molecular weight is 398 g/mol. The van der Waals surface area contributed by atoms with Crippen LogP contribution in [0.4, 0.5) is 0 Å². The Balaban J connectivity index is 1.65. The van der Waals surface area contributed by atoms with Gasteiger partial charge < -0.3 is 0 Å². The third kappa shape index (κ3) is 3.85. The van der Waals surface area contributed by atoms with Crippen molar-refractivity contribution in [1.29, 1.82) is 0 Å². The quantitative estimate of drug-likeness (QED) is 0.392. The maximum atomic E-state index is 12.8. The lowest BCUT2D eigenvalue weighted by Gasteiger charge is -2.09. The fourth-order valence-corrected chi connectivity index (χ4v) is 3.44. The lowest BCUT2D eigenvalue weighted by molar-refractivity contribution is 0.0949. The van der Waals surface area contributed by atoms with E-state index < -0.39 is 5.91 Å². The van der Waals surface area contributed by atoms with Crippen molar-refractivity contribution in [2.75, 3.05) is 0 Å². The van der Waals surface area contributed by atoms with Crippen LogP contribution in [0.5, 0.6) is 0 Å². The highest BCUT2D eigenvalue weighted by Gasteiger charge is 2.16. The van der Waals surface area contributed by atoms with Gasteiger partial charge in [-0.05, 0) is 23.3 Å². The Morgan fingerprint density at radius 3 is 2.50 bits per heavy atom. The second-order valence-electron chi connectivity index (χ2n) is 7.04. The number of nitrogens with one attached hydrogen (secondary N) is 1. The maximum Gasteiger partial charge on any atom is 0.292 e. The maximum absolute atomic E-state index is 12.8. The van der Waals surface area contributed by atoms with Gasteiger partial charge in [0.05, 0.1) is 11.6 Å². The van der Waals surface area contributed by atoms with Crippen LogP contribution in [0, 0.1) is 0 Å². The van der Waals surface area contributed by atoms with Gasteiger partial charge in [0, 0.05) is 17.5 Å². The highest BCUT2D eigenvalue weighted by molar-refractivity contribution is 6.05. The number of hydrogen-bond acceptors (Lipinski definition) is 4. The van der Waals surface area contributed by atoms with E-state index >= 15 is 0 Å². The van der Waals surface area contributed by atoms with E-state index in [-0.39, 0.29) is 11.3 Å². The third-order valence-corrected chi connectivity index (χ3v) is 5.00. The number of rotatable bonds is 6. The molecule has 3 aromatic carbocycles. The van der Waals surface area contributed by atoms with Crippen LogP contribution in [0.25, 0.3) is 21.5 Å². The Morgan fingerprint density at radius 1 is 1.00 bits per heavy atom. The van der Waals surface area contributed by atoms with E-state index in [1.807, 2.05) is 49.4 Å². The van der Waals surface area contributed by atoms with Gasteiger partial charge >= 0.3 is 0 Å². The molecule has 1 N–H and O–H groups in total. The van der Waals surface area contributed by atoms with Crippen LogP contribution >= 0.6 is 0 Å². The van der Waals surface area contributed by atoms with E-state index in [0.29, 0.717) is 17.3 Å². The molecule has 4 rings (SSSR count). The van der Waals surface area contributed by atoms with Crippen LogP contribution in [-0.2, 0) is 6.54 Å². The number of aryl methyl sites for hydroxylation is 1. The molecule has 0 bridgehead atoms. The van der Waals surface area contributed by atoms with Crippen molar-refractivity contribution in [3.8, 4) is 0 Å². The zero-order chi connectivity index (χ0) is 20.9. The molecule has 6 nitrogen and oxygen atoms in total. The molecule has 0 spiro atoms. The van der Waals surface area contributed by atoms with Gasteiger partial charge in [-0.1, -0.05) is 74.0 Å². The van der Waals surface area contributed by atoms with Gasteiger partial charge in [0.1, 0.15) is 0 Å². The van der Waals surface area contributed by atoms with Crippen LogP contribution in [0.1, 0.15) is 35.8 Å². The van der Waals surface area contributed by atoms with Crippen molar-refractivity contribution < 1.29 is 4.79 Å². The Bertz CT molecular complexity index is 1300. The van der Waals surface area contributed by atoms with E-state index in [4.69, 9.17) is 0 Å². The first-order chi connectivity index (χ1) is 14.7. The van der Waals surface area contributed by atoms with Gasteiger partial charge in [-0.15, -0.1) is 0 Å². The molecule has 4 aromatic rings. The van der Waals surface area contributed by atoms with Gasteiger partial charge in [-0.2, -0.15) is 10.2 Å². The van der Waals surface area contributed by atoms with Crippen molar-refractivity contribution >= 4 is 33.7 Å². The Labute approximate surface area is 173 Å². The highest BCUT2D eigenvalue weighted by Crippen LogP contribution is 2.17. The molecule has 0 saturated carbocycles. The van der Waals surface area contributed by atoms with E-state index in [9.17, 15) is 9.59 Å². The number of benzene rings is 3. The number of carbonyl (C=O) groups excluding carboxylic acids is 1. The summed E-state index contributed by atoms with van der Waals surface area (Å²) in [6.45, 7) is 2.52. The lowest BCUT2D eigenvalue weighted by Crippen LogP contribution is -2.29. The molecule has 0 atom stereocenters. The molecule has 0 aliphatic heterocycles. The van der Waals surface area contributed by atoms with Crippen LogP contribution in [0.2, 0.25) is 0 Å². The van der Waals surface area contributed by atoms with Crippen molar-refractivity contribution in [1.82, 2.24) is 15.2 Å². The number of hydrazone groups is 1. The second-order valence-corrected chi connectivity index (χ2v) is 7.04. The van der Waals surface area contributed by atoms with E-state index in [0.717, 1.165) is 29.2 Å². The van der Waals surface area contributed by atoms with Gasteiger partial charge in [-0.3, -0.25) is 9.59 Å². The smallest absolute Gasteiger partial charge is 0.267 e. The first-order valence-electron chi connectivity index (χ1n) is 10.00. The number of aromatic nitrogens is 2. The molecule has 0 aliphatic rings. The molecule has 0 unspecified atom stereocenters. The van der Waals surface area contributed by atoms with Crippen LogP contribution < -0.4 is 11.0 Å². The molecular weight excluding hydrogens is 376 g/mol. The molecule has 0 fully saturated rings. The normalized spacial score (nSPS) is 11.4. The van der Waals surface area contributed by atoms with Gasteiger partial charge in [0.15, 0.2) is 5.69 Å². The summed E-state index contributed by atoms with van der Waals surface area (Å²) in [5.74, 6) is -0.451. The van der Waals surface area contributed by atoms with Gasteiger partial charge in [0.25, 0.3) is 11.5 Å². The number of amides is 1. The summed E-state index contributed by atoms with van der Waals surface area (Å²) in [5, 5.41) is 11.6. The van der Waals surface area contributed by atoms with E-state index in [2.05, 4.69) is 15.6 Å². The van der Waals surface area contributed by atoms with Gasteiger partial charge in [0.2, 0.25) is 0 Å².